The van der Waals surface area contributed by atoms with Gasteiger partial charge in [-0.1, -0.05) is 11.8 Å². The van der Waals surface area contributed by atoms with Crippen molar-refractivity contribution in [1.82, 2.24) is 5.32 Å². The van der Waals surface area contributed by atoms with Crippen LogP contribution in [-0.2, 0) is 11.0 Å². The minimum atomic E-state index is -4.47. The van der Waals surface area contributed by atoms with E-state index >= 15 is 0 Å². The highest BCUT2D eigenvalue weighted by molar-refractivity contribution is 5.72. The summed E-state index contributed by atoms with van der Waals surface area (Å²) in [4.78, 5) is 10.6. The largest absolute Gasteiger partial charge is 0.507 e. The summed E-state index contributed by atoms with van der Waals surface area (Å²) in [6, 6.07) is 2.54. The molecule has 1 rings (SSSR count). The summed E-state index contributed by atoms with van der Waals surface area (Å²) in [6.45, 7) is 1.66. The number of nitrogens with one attached hydrogen (secondary N) is 1. The summed E-state index contributed by atoms with van der Waals surface area (Å²) in [5.41, 5.74) is -0.950. The van der Waals surface area contributed by atoms with E-state index in [-0.39, 0.29) is 23.6 Å². The molecule has 102 valence electrons. The lowest BCUT2D eigenvalue weighted by molar-refractivity contribution is -0.137. The SMILES string of the molecule is CC(=O)NCCC#Cc1cc(C(F)(F)F)ccc1O. The van der Waals surface area contributed by atoms with Crippen molar-refractivity contribution in [2.24, 2.45) is 0 Å². The normalized spacial score (nSPS) is 10.5. The topological polar surface area (TPSA) is 49.3 Å². The summed E-state index contributed by atoms with van der Waals surface area (Å²) in [6.07, 6.45) is -4.18. The molecule has 0 unspecified atom stereocenters. The van der Waals surface area contributed by atoms with E-state index in [4.69, 9.17) is 0 Å². The minimum Gasteiger partial charge on any atom is -0.507 e. The smallest absolute Gasteiger partial charge is 0.416 e. The standard InChI is InChI=1S/C13H12F3NO2/c1-9(18)17-7-3-2-4-10-8-11(13(14,15)16)5-6-12(10)19/h5-6,8,19H,3,7H2,1H3,(H,17,18). The Kier molecular flexibility index (Phi) is 4.81. The number of phenolic OH excluding ortho intramolecular Hbond substituents is 1. The van der Waals surface area contributed by atoms with Crippen molar-refractivity contribution in [1.29, 1.82) is 0 Å². The molecule has 0 bridgehead atoms. The Bertz CT molecular complexity index is 527. The van der Waals surface area contributed by atoms with E-state index in [1.807, 2.05) is 0 Å². The van der Waals surface area contributed by atoms with Crippen LogP contribution in [0.4, 0.5) is 13.2 Å². The van der Waals surface area contributed by atoms with Crippen molar-refractivity contribution in [3.8, 4) is 17.6 Å². The van der Waals surface area contributed by atoms with Gasteiger partial charge < -0.3 is 10.4 Å². The fourth-order valence-corrected chi connectivity index (χ4v) is 1.27. The summed E-state index contributed by atoms with van der Waals surface area (Å²) < 4.78 is 37.4. The molecule has 1 aromatic carbocycles. The third-order valence-corrected chi connectivity index (χ3v) is 2.17. The first kappa shape index (κ1) is 14.9. The second-order valence-corrected chi connectivity index (χ2v) is 3.76. The highest BCUT2D eigenvalue weighted by Crippen LogP contribution is 2.31. The summed E-state index contributed by atoms with van der Waals surface area (Å²) in [5, 5.41) is 11.9. The quantitative estimate of drug-likeness (QED) is 0.640. The van der Waals surface area contributed by atoms with Crippen LogP contribution in [0.5, 0.6) is 5.75 Å². The van der Waals surface area contributed by atoms with Gasteiger partial charge in [-0.3, -0.25) is 4.79 Å². The zero-order chi connectivity index (χ0) is 14.5. The van der Waals surface area contributed by atoms with E-state index in [0.717, 1.165) is 18.2 Å². The van der Waals surface area contributed by atoms with Gasteiger partial charge in [0.1, 0.15) is 5.75 Å². The zero-order valence-corrected chi connectivity index (χ0v) is 10.1. The number of hydrogen-bond donors (Lipinski definition) is 2. The Morgan fingerprint density at radius 2 is 2.11 bits per heavy atom. The van der Waals surface area contributed by atoms with Gasteiger partial charge in [0.15, 0.2) is 0 Å². The Morgan fingerprint density at radius 1 is 1.42 bits per heavy atom. The number of hydrogen-bond acceptors (Lipinski definition) is 2. The monoisotopic (exact) mass is 271 g/mol. The maximum Gasteiger partial charge on any atom is 0.416 e. The first-order valence-electron chi connectivity index (χ1n) is 5.44. The second kappa shape index (κ2) is 6.14. The molecular formula is C13H12F3NO2. The van der Waals surface area contributed by atoms with Crippen molar-refractivity contribution >= 4 is 5.91 Å². The molecule has 0 heterocycles. The Hall–Kier alpha value is -2.16. The van der Waals surface area contributed by atoms with Crippen LogP contribution in [0.3, 0.4) is 0 Å². The van der Waals surface area contributed by atoms with Crippen LogP contribution < -0.4 is 5.32 Å². The Morgan fingerprint density at radius 3 is 2.68 bits per heavy atom. The van der Waals surface area contributed by atoms with E-state index in [1.165, 1.54) is 6.92 Å². The number of halogens is 3. The molecule has 19 heavy (non-hydrogen) atoms. The molecule has 0 spiro atoms. The summed E-state index contributed by atoms with van der Waals surface area (Å²) in [5.74, 6) is 4.52. The fraction of sp³-hybridized carbons (Fsp3) is 0.308. The summed E-state index contributed by atoms with van der Waals surface area (Å²) >= 11 is 0. The number of benzene rings is 1. The molecule has 0 aliphatic rings. The third-order valence-electron chi connectivity index (χ3n) is 2.17. The number of carbonyl (C=O) groups is 1. The van der Waals surface area contributed by atoms with Crippen molar-refractivity contribution in [2.45, 2.75) is 19.5 Å². The molecule has 6 heteroatoms. The van der Waals surface area contributed by atoms with E-state index < -0.39 is 11.7 Å². The molecule has 0 radical (unpaired) electrons. The molecule has 0 saturated heterocycles. The first-order chi connectivity index (χ1) is 8.80. The molecule has 0 aliphatic heterocycles. The third kappa shape index (κ3) is 4.92. The highest BCUT2D eigenvalue weighted by Gasteiger charge is 2.30. The predicted molar refractivity (Wildman–Crippen MR) is 63.3 cm³/mol. The number of aromatic hydroxyl groups is 1. The molecule has 0 saturated carbocycles. The maximum atomic E-state index is 12.5. The zero-order valence-electron chi connectivity index (χ0n) is 10.1. The van der Waals surface area contributed by atoms with Gasteiger partial charge in [0.2, 0.25) is 5.91 Å². The number of phenols is 1. The molecule has 1 aromatic rings. The minimum absolute atomic E-state index is 0.0855. The molecule has 0 aromatic heterocycles. The highest BCUT2D eigenvalue weighted by atomic mass is 19.4. The van der Waals surface area contributed by atoms with Crippen LogP contribution >= 0.6 is 0 Å². The van der Waals surface area contributed by atoms with Crippen LogP contribution in [0.2, 0.25) is 0 Å². The van der Waals surface area contributed by atoms with Gasteiger partial charge in [-0.2, -0.15) is 13.2 Å². The van der Waals surface area contributed by atoms with E-state index in [1.54, 1.807) is 0 Å². The van der Waals surface area contributed by atoms with Gasteiger partial charge in [-0.05, 0) is 18.2 Å². The van der Waals surface area contributed by atoms with E-state index in [9.17, 15) is 23.1 Å². The number of carbonyl (C=O) groups excluding carboxylic acids is 1. The average molecular weight is 271 g/mol. The lowest BCUT2D eigenvalue weighted by Gasteiger charge is -2.07. The molecule has 1 amide bonds. The number of alkyl halides is 3. The van der Waals surface area contributed by atoms with Crippen LogP contribution in [-0.4, -0.2) is 17.6 Å². The van der Waals surface area contributed by atoms with Gasteiger partial charge >= 0.3 is 6.18 Å². The van der Waals surface area contributed by atoms with Crippen molar-refractivity contribution in [3.63, 3.8) is 0 Å². The summed E-state index contributed by atoms with van der Waals surface area (Å²) in [7, 11) is 0. The van der Waals surface area contributed by atoms with Crippen molar-refractivity contribution < 1.29 is 23.1 Å². The molecule has 0 aliphatic carbocycles. The lowest BCUT2D eigenvalue weighted by Crippen LogP contribution is -2.20. The lowest BCUT2D eigenvalue weighted by atomic mass is 10.1. The van der Waals surface area contributed by atoms with Crippen molar-refractivity contribution in [2.75, 3.05) is 6.54 Å². The first-order valence-corrected chi connectivity index (χ1v) is 5.44. The average Bonchev–Trinajstić information content (AvgIpc) is 2.29. The molecule has 3 nitrogen and oxygen atoms in total. The second-order valence-electron chi connectivity index (χ2n) is 3.76. The molecule has 0 fully saturated rings. The van der Waals surface area contributed by atoms with Crippen LogP contribution in [0.15, 0.2) is 18.2 Å². The van der Waals surface area contributed by atoms with Gasteiger partial charge in [0, 0.05) is 19.9 Å². The molecular weight excluding hydrogens is 259 g/mol. The van der Waals surface area contributed by atoms with Crippen molar-refractivity contribution in [3.05, 3.63) is 29.3 Å². The number of amides is 1. The molecule has 2 N–H and O–H groups in total. The van der Waals surface area contributed by atoms with Gasteiger partial charge in [-0.15, -0.1) is 0 Å². The van der Waals surface area contributed by atoms with Crippen LogP contribution in [0, 0.1) is 11.8 Å². The fourth-order valence-electron chi connectivity index (χ4n) is 1.27. The van der Waals surface area contributed by atoms with E-state index in [2.05, 4.69) is 17.2 Å². The molecule has 0 atom stereocenters. The maximum absolute atomic E-state index is 12.5. The Labute approximate surface area is 108 Å². The van der Waals surface area contributed by atoms with E-state index in [0.29, 0.717) is 6.54 Å². The van der Waals surface area contributed by atoms with Crippen LogP contribution in [0.1, 0.15) is 24.5 Å². The number of rotatable bonds is 2. The predicted octanol–water partition coefficient (Wildman–Crippen LogP) is 2.29. The Balaban J connectivity index is 2.78. The van der Waals surface area contributed by atoms with Crippen LogP contribution in [0.25, 0.3) is 0 Å². The van der Waals surface area contributed by atoms with Gasteiger partial charge in [0.05, 0.1) is 11.1 Å². The van der Waals surface area contributed by atoms with Gasteiger partial charge in [-0.25, -0.2) is 0 Å². The van der Waals surface area contributed by atoms with Gasteiger partial charge in [0.25, 0.3) is 0 Å².